The molecule has 1 atom stereocenters. The Bertz CT molecular complexity index is 736. The summed E-state index contributed by atoms with van der Waals surface area (Å²) in [7, 11) is 1.38. The molecule has 6 heteroatoms. The number of likely N-dealkylation sites (tertiary alicyclic amines) is 1. The fourth-order valence-corrected chi connectivity index (χ4v) is 3.78. The third-order valence-corrected chi connectivity index (χ3v) is 5.11. The lowest BCUT2D eigenvalue weighted by atomic mass is 10.1. The van der Waals surface area contributed by atoms with Crippen molar-refractivity contribution in [2.45, 2.75) is 31.2 Å². The third-order valence-electron chi connectivity index (χ3n) is 5.11. The Hall–Kier alpha value is -1.92. The molecule has 3 heterocycles. The van der Waals surface area contributed by atoms with Gasteiger partial charge in [0.15, 0.2) is 11.5 Å². The van der Waals surface area contributed by atoms with Crippen molar-refractivity contribution in [2.75, 3.05) is 33.4 Å². The first-order chi connectivity index (χ1) is 11.8. The Morgan fingerprint density at radius 3 is 2.92 bits per heavy atom. The minimum absolute atomic E-state index is 0.283. The van der Waals surface area contributed by atoms with Gasteiger partial charge >= 0.3 is 5.97 Å². The Balaban J connectivity index is 1.55. The van der Waals surface area contributed by atoms with Crippen LogP contribution in [0.25, 0.3) is 11.1 Å². The number of fused-ring (bicyclic) bond motifs is 1. The standard InChI is InChI=1S/C18H22N2O4/c1-22-18(21)14-3-2-4-15-16(14)24-17(19-15)12-5-8-20(11-12)13-6-9-23-10-7-13/h2-4,12-13H,5-11H2,1H3/t12-/m1/s1. The van der Waals surface area contributed by atoms with Crippen molar-refractivity contribution >= 4 is 17.1 Å². The number of carbonyl (C=O) groups excluding carboxylic acids is 1. The van der Waals surface area contributed by atoms with Crippen LogP contribution in [0.15, 0.2) is 22.6 Å². The van der Waals surface area contributed by atoms with Gasteiger partial charge in [0.2, 0.25) is 0 Å². The van der Waals surface area contributed by atoms with E-state index in [1.165, 1.54) is 7.11 Å². The van der Waals surface area contributed by atoms with Crippen molar-refractivity contribution < 1.29 is 18.7 Å². The maximum atomic E-state index is 11.9. The number of hydrogen-bond donors (Lipinski definition) is 0. The lowest BCUT2D eigenvalue weighted by molar-refractivity contribution is 0.0417. The normalized spacial score (nSPS) is 23.0. The number of ether oxygens (including phenoxy) is 2. The van der Waals surface area contributed by atoms with Crippen LogP contribution in [0, 0.1) is 0 Å². The highest BCUT2D eigenvalue weighted by Crippen LogP contribution is 2.32. The zero-order valence-corrected chi connectivity index (χ0v) is 13.9. The van der Waals surface area contributed by atoms with Crippen LogP contribution in [0.1, 0.15) is 41.4 Å². The summed E-state index contributed by atoms with van der Waals surface area (Å²) in [4.78, 5) is 19.0. The lowest BCUT2D eigenvalue weighted by Gasteiger charge is -2.30. The van der Waals surface area contributed by atoms with E-state index in [2.05, 4.69) is 9.88 Å². The van der Waals surface area contributed by atoms with Gasteiger partial charge in [0.1, 0.15) is 11.1 Å². The van der Waals surface area contributed by atoms with E-state index in [4.69, 9.17) is 13.9 Å². The molecule has 1 aromatic carbocycles. The van der Waals surface area contributed by atoms with Crippen molar-refractivity contribution in [1.82, 2.24) is 9.88 Å². The number of carbonyl (C=O) groups is 1. The SMILES string of the molecule is COC(=O)c1cccc2nc([C@@H]3CCN(C4CCOCC4)C3)oc12. The van der Waals surface area contributed by atoms with E-state index < -0.39 is 5.97 Å². The van der Waals surface area contributed by atoms with Gasteiger partial charge in [0, 0.05) is 31.7 Å². The predicted octanol–water partition coefficient (Wildman–Crippen LogP) is 2.58. The van der Waals surface area contributed by atoms with Crippen molar-refractivity contribution in [2.24, 2.45) is 0 Å². The average Bonchev–Trinajstić information content (AvgIpc) is 3.28. The molecular weight excluding hydrogens is 308 g/mol. The molecule has 4 rings (SSSR count). The molecule has 0 spiro atoms. The minimum Gasteiger partial charge on any atom is -0.465 e. The number of benzene rings is 1. The van der Waals surface area contributed by atoms with E-state index in [1.807, 2.05) is 12.1 Å². The Kier molecular flexibility index (Phi) is 4.24. The molecule has 128 valence electrons. The molecule has 2 aromatic rings. The quantitative estimate of drug-likeness (QED) is 0.806. The van der Waals surface area contributed by atoms with E-state index in [-0.39, 0.29) is 5.92 Å². The summed E-state index contributed by atoms with van der Waals surface area (Å²) in [6.45, 7) is 3.75. The van der Waals surface area contributed by atoms with Crippen LogP contribution in [0.4, 0.5) is 0 Å². The minimum atomic E-state index is -0.390. The molecular formula is C18H22N2O4. The van der Waals surface area contributed by atoms with Gasteiger partial charge in [-0.2, -0.15) is 0 Å². The van der Waals surface area contributed by atoms with Gasteiger partial charge in [-0.3, -0.25) is 4.90 Å². The summed E-state index contributed by atoms with van der Waals surface area (Å²) >= 11 is 0. The maximum absolute atomic E-state index is 11.9. The van der Waals surface area contributed by atoms with Crippen molar-refractivity contribution in [3.63, 3.8) is 0 Å². The molecule has 0 bridgehead atoms. The molecule has 0 aliphatic carbocycles. The Labute approximate surface area is 140 Å². The maximum Gasteiger partial charge on any atom is 0.341 e. The number of nitrogens with zero attached hydrogens (tertiary/aromatic N) is 2. The van der Waals surface area contributed by atoms with Gasteiger partial charge in [-0.05, 0) is 37.9 Å². The van der Waals surface area contributed by atoms with Gasteiger partial charge in [0.25, 0.3) is 0 Å². The summed E-state index contributed by atoms with van der Waals surface area (Å²) in [6.07, 6.45) is 3.25. The highest BCUT2D eigenvalue weighted by Gasteiger charge is 2.33. The van der Waals surface area contributed by atoms with E-state index in [1.54, 1.807) is 6.07 Å². The largest absolute Gasteiger partial charge is 0.465 e. The van der Waals surface area contributed by atoms with E-state index in [9.17, 15) is 4.79 Å². The summed E-state index contributed by atoms with van der Waals surface area (Å²) in [5.74, 6) is 0.625. The molecule has 0 amide bonds. The molecule has 0 radical (unpaired) electrons. The molecule has 2 aliphatic rings. The number of rotatable bonds is 3. The second-order valence-corrected chi connectivity index (χ2v) is 6.52. The fraction of sp³-hybridized carbons (Fsp3) is 0.556. The van der Waals surface area contributed by atoms with Crippen LogP contribution in [0.5, 0.6) is 0 Å². The molecule has 2 saturated heterocycles. The number of oxazole rings is 1. The van der Waals surface area contributed by atoms with Crippen LogP contribution < -0.4 is 0 Å². The van der Waals surface area contributed by atoms with Gasteiger partial charge < -0.3 is 13.9 Å². The number of esters is 1. The smallest absolute Gasteiger partial charge is 0.341 e. The number of hydrogen-bond acceptors (Lipinski definition) is 6. The molecule has 0 N–H and O–H groups in total. The zero-order chi connectivity index (χ0) is 16.5. The second kappa shape index (κ2) is 6.53. The van der Waals surface area contributed by atoms with Gasteiger partial charge in [-0.25, -0.2) is 9.78 Å². The molecule has 1 aromatic heterocycles. The average molecular weight is 330 g/mol. The van der Waals surface area contributed by atoms with Crippen molar-refractivity contribution in [1.29, 1.82) is 0 Å². The monoisotopic (exact) mass is 330 g/mol. The summed E-state index contributed by atoms with van der Waals surface area (Å²) < 4.78 is 16.3. The highest BCUT2D eigenvalue weighted by molar-refractivity contribution is 6.00. The van der Waals surface area contributed by atoms with Gasteiger partial charge in [0.05, 0.1) is 7.11 Å². The lowest BCUT2D eigenvalue weighted by Crippen LogP contribution is -2.37. The van der Waals surface area contributed by atoms with E-state index >= 15 is 0 Å². The van der Waals surface area contributed by atoms with E-state index in [0.717, 1.165) is 57.0 Å². The first kappa shape index (κ1) is 15.6. The summed E-state index contributed by atoms with van der Waals surface area (Å²) in [5, 5.41) is 0. The number of para-hydroxylation sites is 1. The second-order valence-electron chi connectivity index (χ2n) is 6.52. The van der Waals surface area contributed by atoms with E-state index in [0.29, 0.717) is 17.2 Å². The Morgan fingerprint density at radius 2 is 2.12 bits per heavy atom. The van der Waals surface area contributed by atoms with Crippen LogP contribution in [-0.2, 0) is 9.47 Å². The van der Waals surface area contributed by atoms with Crippen LogP contribution in [0.3, 0.4) is 0 Å². The van der Waals surface area contributed by atoms with Crippen LogP contribution in [0.2, 0.25) is 0 Å². The Morgan fingerprint density at radius 1 is 1.29 bits per heavy atom. The first-order valence-corrected chi connectivity index (χ1v) is 8.56. The summed E-state index contributed by atoms with van der Waals surface area (Å²) in [6, 6.07) is 6.01. The third kappa shape index (κ3) is 2.80. The first-order valence-electron chi connectivity index (χ1n) is 8.56. The van der Waals surface area contributed by atoms with Crippen LogP contribution >= 0.6 is 0 Å². The highest BCUT2D eigenvalue weighted by atomic mass is 16.5. The molecule has 24 heavy (non-hydrogen) atoms. The van der Waals surface area contributed by atoms with Crippen LogP contribution in [-0.4, -0.2) is 55.3 Å². The topological polar surface area (TPSA) is 64.8 Å². The summed E-state index contributed by atoms with van der Waals surface area (Å²) in [5.41, 5.74) is 1.69. The van der Waals surface area contributed by atoms with Crippen molar-refractivity contribution in [3.05, 3.63) is 29.7 Å². The fourth-order valence-electron chi connectivity index (χ4n) is 3.78. The molecule has 0 unspecified atom stereocenters. The molecule has 0 saturated carbocycles. The van der Waals surface area contributed by atoms with Gasteiger partial charge in [-0.15, -0.1) is 0 Å². The van der Waals surface area contributed by atoms with Crippen molar-refractivity contribution in [3.8, 4) is 0 Å². The van der Waals surface area contributed by atoms with Gasteiger partial charge in [-0.1, -0.05) is 6.07 Å². The predicted molar refractivity (Wildman–Crippen MR) is 88.1 cm³/mol. The molecule has 2 aliphatic heterocycles. The number of methoxy groups -OCH3 is 1. The molecule has 6 nitrogen and oxygen atoms in total. The number of aromatic nitrogens is 1. The molecule has 2 fully saturated rings. The zero-order valence-electron chi connectivity index (χ0n) is 13.9.